The minimum absolute atomic E-state index is 0.0621. The van der Waals surface area contributed by atoms with Gasteiger partial charge in [-0.1, -0.05) is 38.1 Å². The molecule has 1 aliphatic rings. The van der Waals surface area contributed by atoms with Crippen molar-refractivity contribution < 1.29 is 14.4 Å². The summed E-state index contributed by atoms with van der Waals surface area (Å²) in [5, 5.41) is 5.72. The van der Waals surface area contributed by atoms with Gasteiger partial charge in [-0.15, -0.1) is 0 Å². The van der Waals surface area contributed by atoms with E-state index in [-0.39, 0.29) is 43.3 Å². The van der Waals surface area contributed by atoms with Crippen LogP contribution in [0, 0.1) is 0 Å². The second-order valence-electron chi connectivity index (χ2n) is 8.38. The molecule has 31 heavy (non-hydrogen) atoms. The summed E-state index contributed by atoms with van der Waals surface area (Å²) in [6, 6.07) is 14.8. The van der Waals surface area contributed by atoms with Gasteiger partial charge in [0.25, 0.3) is 0 Å². The number of carbonyl (C=O) groups is 3. The van der Waals surface area contributed by atoms with E-state index in [0.29, 0.717) is 17.3 Å². The van der Waals surface area contributed by atoms with E-state index in [2.05, 4.69) is 24.5 Å². The Morgan fingerprint density at radius 1 is 1.13 bits per heavy atom. The van der Waals surface area contributed by atoms with Crippen LogP contribution in [0.5, 0.6) is 0 Å². The monoisotopic (exact) mass is 422 g/mol. The molecule has 0 aliphatic carbocycles. The third-order valence-electron chi connectivity index (χ3n) is 5.31. The van der Waals surface area contributed by atoms with E-state index < -0.39 is 0 Å². The van der Waals surface area contributed by atoms with Crippen molar-refractivity contribution in [3.8, 4) is 0 Å². The van der Waals surface area contributed by atoms with E-state index in [4.69, 9.17) is 0 Å². The van der Waals surface area contributed by atoms with Crippen molar-refractivity contribution in [3.05, 3.63) is 54.1 Å². The summed E-state index contributed by atoms with van der Waals surface area (Å²) in [5.74, 6) is -0.0350. The van der Waals surface area contributed by atoms with Gasteiger partial charge >= 0.3 is 0 Å². The average Bonchev–Trinajstić information content (AvgIpc) is 2.82. The lowest BCUT2D eigenvalue weighted by Gasteiger charge is -2.29. The molecule has 2 aromatic carbocycles. The molecule has 2 aromatic rings. The molecule has 7 nitrogen and oxygen atoms in total. The molecule has 7 heteroatoms. The van der Waals surface area contributed by atoms with E-state index in [9.17, 15) is 14.4 Å². The molecule has 3 amide bonds. The Bertz CT molecular complexity index is 956. The van der Waals surface area contributed by atoms with Crippen LogP contribution in [-0.2, 0) is 14.4 Å². The van der Waals surface area contributed by atoms with Crippen LogP contribution in [0.1, 0.15) is 38.7 Å². The number of likely N-dealkylation sites (N-methyl/N-ethyl adjacent to an activating group) is 1. The predicted octanol–water partition coefficient (Wildman–Crippen LogP) is 3.44. The maximum Gasteiger partial charge on any atom is 0.241 e. The summed E-state index contributed by atoms with van der Waals surface area (Å²) in [7, 11) is 1.73. The Morgan fingerprint density at radius 3 is 2.48 bits per heavy atom. The first-order valence-electron chi connectivity index (χ1n) is 10.5. The van der Waals surface area contributed by atoms with Gasteiger partial charge in [0.05, 0.1) is 24.5 Å². The van der Waals surface area contributed by atoms with Crippen molar-refractivity contribution >= 4 is 34.8 Å². The third kappa shape index (κ3) is 5.70. The minimum atomic E-state index is -0.280. The van der Waals surface area contributed by atoms with Crippen LogP contribution in [0.2, 0.25) is 0 Å². The van der Waals surface area contributed by atoms with Crippen LogP contribution < -0.4 is 15.5 Å². The molecule has 0 aromatic heterocycles. The van der Waals surface area contributed by atoms with Crippen LogP contribution in [-0.4, -0.2) is 48.8 Å². The molecule has 1 heterocycles. The zero-order valence-electron chi connectivity index (χ0n) is 18.5. The van der Waals surface area contributed by atoms with Crippen LogP contribution in [0.3, 0.4) is 0 Å². The predicted molar refractivity (Wildman–Crippen MR) is 123 cm³/mol. The lowest BCUT2D eigenvalue weighted by Crippen LogP contribution is -2.45. The fourth-order valence-electron chi connectivity index (χ4n) is 3.73. The van der Waals surface area contributed by atoms with Gasteiger partial charge in [-0.2, -0.15) is 0 Å². The van der Waals surface area contributed by atoms with Gasteiger partial charge in [-0.05, 0) is 49.7 Å². The molecule has 1 aliphatic heterocycles. The number of carbonyl (C=O) groups excluding carboxylic acids is 3. The number of amides is 3. The summed E-state index contributed by atoms with van der Waals surface area (Å²) in [4.78, 5) is 41.0. The van der Waals surface area contributed by atoms with Crippen molar-refractivity contribution in [2.75, 3.05) is 35.7 Å². The highest BCUT2D eigenvalue weighted by Gasteiger charge is 2.30. The van der Waals surface area contributed by atoms with E-state index in [1.54, 1.807) is 22.9 Å². The molecule has 164 valence electrons. The van der Waals surface area contributed by atoms with Gasteiger partial charge in [-0.3, -0.25) is 19.3 Å². The van der Waals surface area contributed by atoms with E-state index >= 15 is 0 Å². The number of hydrogen-bond donors (Lipinski definition) is 2. The molecule has 0 spiro atoms. The number of rotatable bonds is 6. The Hall–Kier alpha value is -3.19. The Labute approximate surface area is 183 Å². The van der Waals surface area contributed by atoms with E-state index in [0.717, 1.165) is 5.69 Å². The zero-order valence-corrected chi connectivity index (χ0v) is 18.5. The van der Waals surface area contributed by atoms with Crippen molar-refractivity contribution in [3.63, 3.8) is 0 Å². The Balaban J connectivity index is 1.62. The van der Waals surface area contributed by atoms with Crippen LogP contribution >= 0.6 is 0 Å². The summed E-state index contributed by atoms with van der Waals surface area (Å²) in [6.07, 6.45) is 0.219. The van der Waals surface area contributed by atoms with Crippen LogP contribution in [0.15, 0.2) is 48.5 Å². The van der Waals surface area contributed by atoms with Gasteiger partial charge in [0, 0.05) is 18.2 Å². The molecular formula is C24H30N4O3. The molecular weight excluding hydrogens is 392 g/mol. The molecule has 1 unspecified atom stereocenters. The molecule has 0 bridgehead atoms. The molecule has 0 radical (unpaired) electrons. The smallest absolute Gasteiger partial charge is 0.241 e. The highest BCUT2D eigenvalue weighted by Crippen LogP contribution is 2.31. The highest BCUT2D eigenvalue weighted by atomic mass is 16.2. The standard InChI is InChI=1S/C24H30N4O3/c1-16(2)18-9-11-19(12-10-18)25-23(30)14-27(4)15-24(31)28-17(3)13-22(29)26-20-7-5-6-8-21(20)28/h5-12,16-17H,13-15H2,1-4H3,(H,25,30)(H,26,29). The summed E-state index contributed by atoms with van der Waals surface area (Å²) in [5.41, 5.74) is 3.23. The molecule has 0 saturated heterocycles. The second kappa shape index (κ2) is 9.75. The van der Waals surface area contributed by atoms with Crippen molar-refractivity contribution in [1.82, 2.24) is 4.90 Å². The number of nitrogens with zero attached hydrogens (tertiary/aromatic N) is 2. The molecule has 0 fully saturated rings. The lowest BCUT2D eigenvalue weighted by molar-refractivity contribution is -0.121. The first kappa shape index (κ1) is 22.5. The van der Waals surface area contributed by atoms with Crippen molar-refractivity contribution in [2.45, 2.75) is 39.2 Å². The summed E-state index contributed by atoms with van der Waals surface area (Å²) < 4.78 is 0. The zero-order chi connectivity index (χ0) is 22.5. The van der Waals surface area contributed by atoms with Gasteiger partial charge in [0.15, 0.2) is 0 Å². The molecule has 1 atom stereocenters. The SMILES string of the molecule is CC(C)c1ccc(NC(=O)CN(C)CC(=O)N2c3ccccc3NC(=O)CC2C)cc1. The van der Waals surface area contributed by atoms with Gasteiger partial charge in [0.1, 0.15) is 0 Å². The van der Waals surface area contributed by atoms with Crippen molar-refractivity contribution in [1.29, 1.82) is 0 Å². The van der Waals surface area contributed by atoms with E-state index in [1.165, 1.54) is 5.56 Å². The molecule has 3 rings (SSSR count). The molecule has 2 N–H and O–H groups in total. The number of benzene rings is 2. The summed E-state index contributed by atoms with van der Waals surface area (Å²) >= 11 is 0. The summed E-state index contributed by atoms with van der Waals surface area (Å²) in [6.45, 7) is 6.24. The number of anilines is 3. The normalized spacial score (nSPS) is 16.0. The maximum atomic E-state index is 13.1. The van der Waals surface area contributed by atoms with Gasteiger partial charge in [0.2, 0.25) is 17.7 Å². The topological polar surface area (TPSA) is 81.8 Å². The Kier molecular flexibility index (Phi) is 7.07. The largest absolute Gasteiger partial charge is 0.325 e. The first-order valence-corrected chi connectivity index (χ1v) is 10.5. The fraction of sp³-hybridized carbons (Fsp3) is 0.375. The van der Waals surface area contributed by atoms with E-state index in [1.807, 2.05) is 49.4 Å². The average molecular weight is 423 g/mol. The number of hydrogen-bond acceptors (Lipinski definition) is 4. The number of nitrogens with one attached hydrogen (secondary N) is 2. The first-order chi connectivity index (χ1) is 14.7. The quantitative estimate of drug-likeness (QED) is 0.747. The van der Waals surface area contributed by atoms with Crippen LogP contribution in [0.4, 0.5) is 17.1 Å². The fourth-order valence-corrected chi connectivity index (χ4v) is 3.73. The second-order valence-corrected chi connectivity index (χ2v) is 8.38. The highest BCUT2D eigenvalue weighted by molar-refractivity contribution is 6.05. The minimum Gasteiger partial charge on any atom is -0.325 e. The Morgan fingerprint density at radius 2 is 1.81 bits per heavy atom. The number of fused-ring (bicyclic) bond motifs is 1. The van der Waals surface area contributed by atoms with Crippen molar-refractivity contribution in [2.24, 2.45) is 0 Å². The van der Waals surface area contributed by atoms with Gasteiger partial charge in [-0.25, -0.2) is 0 Å². The molecule has 0 saturated carbocycles. The van der Waals surface area contributed by atoms with Crippen LogP contribution in [0.25, 0.3) is 0 Å². The third-order valence-corrected chi connectivity index (χ3v) is 5.31. The van der Waals surface area contributed by atoms with Gasteiger partial charge < -0.3 is 15.5 Å². The number of para-hydroxylation sites is 2. The lowest BCUT2D eigenvalue weighted by atomic mass is 10.0. The maximum absolute atomic E-state index is 13.1.